The third-order valence-electron chi connectivity index (χ3n) is 2.64. The Bertz CT molecular complexity index is 610. The predicted molar refractivity (Wildman–Crippen MR) is 65.1 cm³/mol. The monoisotopic (exact) mass is 335 g/mol. The fraction of sp³-hybridized carbons (Fsp3) is 0.273. The molecular formula is C11H9BrF3N3O. The molecule has 4 nitrogen and oxygen atoms in total. The maximum atomic E-state index is 12.8. The first-order chi connectivity index (χ1) is 8.84. The average Bonchev–Trinajstić information content (AvgIpc) is 2.70. The summed E-state index contributed by atoms with van der Waals surface area (Å²) in [6.45, 7) is -0.327. The molecule has 8 heteroatoms. The molecule has 0 saturated carbocycles. The zero-order chi connectivity index (χ0) is 14.2. The third-order valence-corrected chi connectivity index (χ3v) is 3.33. The normalized spacial score (nSPS) is 11.9. The average molecular weight is 336 g/mol. The van der Waals surface area contributed by atoms with Crippen LogP contribution >= 0.6 is 15.9 Å². The minimum atomic E-state index is -4.45. The first-order valence-corrected chi connectivity index (χ1v) is 6.00. The zero-order valence-corrected chi connectivity index (χ0v) is 11.3. The minimum absolute atomic E-state index is 0.0340. The lowest BCUT2D eigenvalue weighted by Crippen LogP contribution is -2.07. The zero-order valence-electron chi connectivity index (χ0n) is 9.74. The fourth-order valence-corrected chi connectivity index (χ4v) is 2.10. The Balaban J connectivity index is 2.55. The van der Waals surface area contributed by atoms with E-state index < -0.39 is 11.7 Å². The van der Waals surface area contributed by atoms with E-state index >= 15 is 0 Å². The largest absolute Gasteiger partial charge is 0.417 e. The van der Waals surface area contributed by atoms with Crippen LogP contribution in [0.2, 0.25) is 0 Å². The van der Waals surface area contributed by atoms with Crippen molar-refractivity contribution in [2.75, 3.05) is 0 Å². The van der Waals surface area contributed by atoms with Gasteiger partial charge in [0.2, 0.25) is 0 Å². The number of aliphatic hydroxyl groups excluding tert-OH is 1. The van der Waals surface area contributed by atoms with Crippen molar-refractivity contribution in [1.29, 1.82) is 0 Å². The van der Waals surface area contributed by atoms with E-state index in [0.717, 1.165) is 6.07 Å². The van der Waals surface area contributed by atoms with Gasteiger partial charge < -0.3 is 9.67 Å². The smallest absolute Gasteiger partial charge is 0.388 e. The second kappa shape index (κ2) is 4.93. The van der Waals surface area contributed by atoms with E-state index in [1.165, 1.54) is 16.7 Å². The molecule has 2 rings (SSSR count). The van der Waals surface area contributed by atoms with Crippen molar-refractivity contribution in [3.63, 3.8) is 0 Å². The fourth-order valence-electron chi connectivity index (χ4n) is 1.63. The number of alkyl halides is 3. The van der Waals surface area contributed by atoms with E-state index in [1.54, 1.807) is 7.05 Å². The molecule has 0 amide bonds. The van der Waals surface area contributed by atoms with E-state index in [-0.39, 0.29) is 28.3 Å². The molecule has 0 fully saturated rings. The highest BCUT2D eigenvalue weighted by Gasteiger charge is 2.33. The Morgan fingerprint density at radius 3 is 2.53 bits per heavy atom. The molecule has 2 aromatic rings. The Morgan fingerprint density at radius 1 is 1.32 bits per heavy atom. The van der Waals surface area contributed by atoms with Crippen molar-refractivity contribution in [2.24, 2.45) is 7.05 Å². The molecule has 0 atom stereocenters. The maximum Gasteiger partial charge on any atom is 0.417 e. The highest BCUT2D eigenvalue weighted by Crippen LogP contribution is 2.37. The Hall–Kier alpha value is -1.41. The SMILES string of the molecule is Cn1c(CO)nnc1-c1ccc(Br)c(C(F)(F)F)c1. The lowest BCUT2D eigenvalue weighted by atomic mass is 10.1. The van der Waals surface area contributed by atoms with E-state index in [0.29, 0.717) is 0 Å². The van der Waals surface area contributed by atoms with Gasteiger partial charge in [0, 0.05) is 17.1 Å². The molecule has 0 saturated heterocycles. The number of halogens is 4. The van der Waals surface area contributed by atoms with Crippen LogP contribution in [-0.4, -0.2) is 19.9 Å². The molecule has 0 spiro atoms. The molecule has 0 aliphatic rings. The van der Waals surface area contributed by atoms with Crippen molar-refractivity contribution in [3.8, 4) is 11.4 Å². The lowest BCUT2D eigenvalue weighted by Gasteiger charge is -2.11. The van der Waals surface area contributed by atoms with Crippen molar-refractivity contribution in [2.45, 2.75) is 12.8 Å². The van der Waals surface area contributed by atoms with Gasteiger partial charge in [0.05, 0.1) is 5.56 Å². The number of aliphatic hydroxyl groups is 1. The van der Waals surface area contributed by atoms with E-state index in [4.69, 9.17) is 5.11 Å². The quantitative estimate of drug-likeness (QED) is 0.918. The molecule has 0 aliphatic heterocycles. The van der Waals surface area contributed by atoms with Gasteiger partial charge in [0.15, 0.2) is 11.6 Å². The van der Waals surface area contributed by atoms with Crippen LogP contribution in [0.1, 0.15) is 11.4 Å². The topological polar surface area (TPSA) is 50.9 Å². The van der Waals surface area contributed by atoms with Crippen molar-refractivity contribution >= 4 is 15.9 Å². The van der Waals surface area contributed by atoms with Crippen LogP contribution in [0.4, 0.5) is 13.2 Å². The Labute approximate surface area is 115 Å². The van der Waals surface area contributed by atoms with Crippen molar-refractivity contribution in [1.82, 2.24) is 14.8 Å². The van der Waals surface area contributed by atoms with Gasteiger partial charge in [-0.05, 0) is 12.1 Å². The van der Waals surface area contributed by atoms with E-state index in [9.17, 15) is 13.2 Å². The number of hydrogen-bond donors (Lipinski definition) is 1. The first-order valence-electron chi connectivity index (χ1n) is 5.21. The van der Waals surface area contributed by atoms with Crippen LogP contribution in [0.3, 0.4) is 0 Å². The van der Waals surface area contributed by atoms with Crippen molar-refractivity contribution < 1.29 is 18.3 Å². The highest BCUT2D eigenvalue weighted by molar-refractivity contribution is 9.10. The van der Waals surface area contributed by atoms with Crippen LogP contribution in [-0.2, 0) is 19.8 Å². The third kappa shape index (κ3) is 2.64. The number of hydrogen-bond acceptors (Lipinski definition) is 3. The summed E-state index contributed by atoms with van der Waals surface area (Å²) in [4.78, 5) is 0. The highest BCUT2D eigenvalue weighted by atomic mass is 79.9. The number of rotatable bonds is 2. The molecule has 102 valence electrons. The predicted octanol–water partition coefficient (Wildman–Crippen LogP) is 2.76. The molecule has 1 aromatic heterocycles. The van der Waals surface area contributed by atoms with Gasteiger partial charge in [-0.1, -0.05) is 22.0 Å². The summed E-state index contributed by atoms with van der Waals surface area (Å²) in [7, 11) is 1.58. The van der Waals surface area contributed by atoms with Gasteiger partial charge in [0.1, 0.15) is 6.61 Å². The molecule has 0 aliphatic carbocycles. The summed E-state index contributed by atoms with van der Waals surface area (Å²) in [5.41, 5.74) is -0.497. The molecule has 1 heterocycles. The molecule has 19 heavy (non-hydrogen) atoms. The van der Waals surface area contributed by atoms with Gasteiger partial charge in [0.25, 0.3) is 0 Å². The molecule has 1 N–H and O–H groups in total. The maximum absolute atomic E-state index is 12.8. The summed E-state index contributed by atoms with van der Waals surface area (Å²) in [5.74, 6) is 0.550. The van der Waals surface area contributed by atoms with Crippen LogP contribution < -0.4 is 0 Å². The number of benzene rings is 1. The molecule has 0 unspecified atom stereocenters. The van der Waals surface area contributed by atoms with Crippen LogP contribution in [0.5, 0.6) is 0 Å². The molecular weight excluding hydrogens is 327 g/mol. The van der Waals surface area contributed by atoms with Crippen LogP contribution in [0.25, 0.3) is 11.4 Å². The summed E-state index contributed by atoms with van der Waals surface area (Å²) in [5, 5.41) is 16.5. The van der Waals surface area contributed by atoms with Gasteiger partial charge in [-0.2, -0.15) is 13.2 Å². The number of aromatic nitrogens is 3. The Morgan fingerprint density at radius 2 is 2.00 bits per heavy atom. The molecule has 0 bridgehead atoms. The Kier molecular flexibility index (Phi) is 3.64. The van der Waals surface area contributed by atoms with E-state index in [2.05, 4.69) is 26.1 Å². The van der Waals surface area contributed by atoms with E-state index in [1.807, 2.05) is 0 Å². The lowest BCUT2D eigenvalue weighted by molar-refractivity contribution is -0.138. The second-order valence-electron chi connectivity index (χ2n) is 3.85. The summed E-state index contributed by atoms with van der Waals surface area (Å²) in [6, 6.07) is 3.81. The second-order valence-corrected chi connectivity index (χ2v) is 4.70. The van der Waals surface area contributed by atoms with Crippen LogP contribution in [0, 0.1) is 0 Å². The molecule has 0 radical (unpaired) electrons. The summed E-state index contributed by atoms with van der Waals surface area (Å²) >= 11 is 2.87. The van der Waals surface area contributed by atoms with Gasteiger partial charge in [-0.25, -0.2) is 0 Å². The summed E-state index contributed by atoms with van der Waals surface area (Å²) in [6.07, 6.45) is -4.45. The van der Waals surface area contributed by atoms with Gasteiger partial charge in [-0.3, -0.25) is 0 Å². The minimum Gasteiger partial charge on any atom is -0.388 e. The van der Waals surface area contributed by atoms with Crippen molar-refractivity contribution in [3.05, 3.63) is 34.1 Å². The first kappa shape index (κ1) is 14.0. The number of nitrogens with zero attached hydrogens (tertiary/aromatic N) is 3. The van der Waals surface area contributed by atoms with Crippen LogP contribution in [0.15, 0.2) is 22.7 Å². The molecule has 1 aromatic carbocycles. The van der Waals surface area contributed by atoms with Gasteiger partial charge >= 0.3 is 6.18 Å². The standard InChI is InChI=1S/C11H9BrF3N3O/c1-18-9(5-19)16-17-10(18)6-2-3-8(12)7(4-6)11(13,14)15/h2-4,19H,5H2,1H3. The van der Waals surface area contributed by atoms with Gasteiger partial charge in [-0.15, -0.1) is 10.2 Å². The summed E-state index contributed by atoms with van der Waals surface area (Å²) < 4.78 is 39.8.